The fourth-order valence-corrected chi connectivity index (χ4v) is 1.96. The molecule has 1 aromatic rings. The summed E-state index contributed by atoms with van der Waals surface area (Å²) in [4.78, 5) is 14.2. The average Bonchev–Trinajstić information content (AvgIpc) is 2.27. The molecule has 0 amide bonds. The van der Waals surface area contributed by atoms with Gasteiger partial charge in [0, 0.05) is 12.5 Å². The van der Waals surface area contributed by atoms with Crippen molar-refractivity contribution in [2.45, 2.75) is 40.2 Å². The molecule has 0 bridgehead atoms. The first-order valence-electron chi connectivity index (χ1n) is 6.56. The Kier molecular flexibility index (Phi) is 5.09. The van der Waals surface area contributed by atoms with E-state index in [4.69, 9.17) is 0 Å². The monoisotopic (exact) mass is 247 g/mol. The molecule has 0 aliphatic heterocycles. The summed E-state index contributed by atoms with van der Waals surface area (Å²) in [5, 5.41) is 0. The van der Waals surface area contributed by atoms with Gasteiger partial charge in [-0.15, -0.1) is 0 Å². The van der Waals surface area contributed by atoms with Crippen LogP contribution in [0.5, 0.6) is 0 Å². The molecule has 0 spiro atoms. The summed E-state index contributed by atoms with van der Waals surface area (Å²) in [5.41, 5.74) is 1.29. The normalized spacial score (nSPS) is 13.7. The third-order valence-corrected chi connectivity index (χ3v) is 3.58. The van der Waals surface area contributed by atoms with E-state index in [9.17, 15) is 4.79 Å². The van der Waals surface area contributed by atoms with Gasteiger partial charge >= 0.3 is 0 Å². The Labute approximate surface area is 111 Å². The van der Waals surface area contributed by atoms with Crippen molar-refractivity contribution in [3.05, 3.63) is 35.9 Å². The van der Waals surface area contributed by atoms with Crippen LogP contribution in [0.4, 0.5) is 0 Å². The van der Waals surface area contributed by atoms with Crippen LogP contribution in [0.1, 0.15) is 33.3 Å². The summed E-state index contributed by atoms with van der Waals surface area (Å²) >= 11 is 0. The maximum absolute atomic E-state index is 12.0. The zero-order valence-corrected chi connectivity index (χ0v) is 12.2. The van der Waals surface area contributed by atoms with Crippen LogP contribution in [0.2, 0.25) is 0 Å². The van der Waals surface area contributed by atoms with Gasteiger partial charge in [-0.3, -0.25) is 9.69 Å². The first kappa shape index (κ1) is 14.9. The molecule has 0 N–H and O–H groups in total. The minimum Gasteiger partial charge on any atom is -0.298 e. The van der Waals surface area contributed by atoms with Gasteiger partial charge in [-0.1, -0.05) is 51.1 Å². The molecule has 0 aliphatic rings. The second-order valence-corrected chi connectivity index (χ2v) is 6.16. The molecule has 0 saturated heterocycles. The van der Waals surface area contributed by atoms with Gasteiger partial charge in [0.05, 0.1) is 6.54 Å². The molecule has 0 aliphatic carbocycles. The van der Waals surface area contributed by atoms with Crippen LogP contribution in [0, 0.1) is 5.41 Å². The summed E-state index contributed by atoms with van der Waals surface area (Å²) in [7, 11) is 2.03. The fourth-order valence-electron chi connectivity index (χ4n) is 1.96. The van der Waals surface area contributed by atoms with Crippen LogP contribution < -0.4 is 0 Å². The zero-order chi connectivity index (χ0) is 13.8. The lowest BCUT2D eigenvalue weighted by molar-refractivity contribution is -0.120. The quantitative estimate of drug-likeness (QED) is 0.796. The lowest BCUT2D eigenvalue weighted by atomic mass is 9.87. The summed E-state index contributed by atoms with van der Waals surface area (Å²) in [6.07, 6.45) is 0.530. The Bertz CT molecular complexity index is 378. The highest BCUT2D eigenvalue weighted by atomic mass is 16.1. The average molecular weight is 247 g/mol. The van der Waals surface area contributed by atoms with Gasteiger partial charge in [-0.2, -0.15) is 0 Å². The van der Waals surface area contributed by atoms with Gasteiger partial charge in [0.25, 0.3) is 0 Å². The Morgan fingerprint density at radius 3 is 2.28 bits per heavy atom. The number of carbonyl (C=O) groups is 1. The second-order valence-electron chi connectivity index (χ2n) is 6.16. The number of hydrogen-bond acceptors (Lipinski definition) is 2. The van der Waals surface area contributed by atoms with E-state index in [2.05, 4.69) is 32.6 Å². The Morgan fingerprint density at radius 1 is 1.22 bits per heavy atom. The first-order chi connectivity index (χ1) is 8.30. The van der Waals surface area contributed by atoms with E-state index in [1.807, 2.05) is 37.4 Å². The summed E-state index contributed by atoms with van der Waals surface area (Å²) in [5.74, 6) is 0.278. The third kappa shape index (κ3) is 4.61. The lowest BCUT2D eigenvalue weighted by Crippen LogP contribution is -2.42. The third-order valence-electron chi connectivity index (χ3n) is 3.58. The van der Waals surface area contributed by atoms with Crippen molar-refractivity contribution in [1.29, 1.82) is 0 Å². The largest absolute Gasteiger partial charge is 0.298 e. The van der Waals surface area contributed by atoms with E-state index in [0.717, 1.165) is 5.56 Å². The predicted octanol–water partition coefficient (Wildman–Crippen LogP) is 3.16. The van der Waals surface area contributed by atoms with Crippen LogP contribution in [-0.2, 0) is 11.2 Å². The van der Waals surface area contributed by atoms with Crippen LogP contribution >= 0.6 is 0 Å². The number of nitrogens with zero attached hydrogens (tertiary/aromatic N) is 1. The molecule has 0 radical (unpaired) electrons. The maximum atomic E-state index is 12.0. The minimum atomic E-state index is 0.196. The number of ketones is 1. The number of hydrogen-bond donors (Lipinski definition) is 0. The summed E-state index contributed by atoms with van der Waals surface area (Å²) in [6.45, 7) is 9.31. The first-order valence-corrected chi connectivity index (χ1v) is 6.56. The second kappa shape index (κ2) is 6.14. The molecule has 18 heavy (non-hydrogen) atoms. The van der Waals surface area contributed by atoms with Crippen LogP contribution in [0.15, 0.2) is 30.3 Å². The number of benzene rings is 1. The van der Waals surface area contributed by atoms with Crippen molar-refractivity contribution in [3.63, 3.8) is 0 Å². The topological polar surface area (TPSA) is 20.3 Å². The van der Waals surface area contributed by atoms with Crippen molar-refractivity contribution in [2.24, 2.45) is 5.41 Å². The Morgan fingerprint density at radius 2 is 1.78 bits per heavy atom. The Hall–Kier alpha value is -1.15. The van der Waals surface area contributed by atoms with Gasteiger partial charge in [-0.05, 0) is 24.9 Å². The molecule has 1 rings (SSSR count). The number of carbonyl (C=O) groups excluding carboxylic acids is 1. The number of rotatable bonds is 5. The van der Waals surface area contributed by atoms with Gasteiger partial charge in [0.2, 0.25) is 0 Å². The van der Waals surface area contributed by atoms with Gasteiger partial charge < -0.3 is 0 Å². The molecule has 0 aromatic heterocycles. The van der Waals surface area contributed by atoms with Crippen molar-refractivity contribution >= 4 is 5.78 Å². The van der Waals surface area contributed by atoms with E-state index in [-0.39, 0.29) is 11.2 Å². The predicted molar refractivity (Wildman–Crippen MR) is 76.7 cm³/mol. The van der Waals surface area contributed by atoms with E-state index >= 15 is 0 Å². The number of likely N-dealkylation sites (N-methyl/N-ethyl adjacent to an activating group) is 1. The van der Waals surface area contributed by atoms with Gasteiger partial charge in [-0.25, -0.2) is 0 Å². The van der Waals surface area contributed by atoms with Crippen molar-refractivity contribution in [3.8, 4) is 0 Å². The summed E-state index contributed by atoms with van der Waals surface area (Å²) < 4.78 is 0. The summed E-state index contributed by atoms with van der Waals surface area (Å²) in [6, 6.07) is 10.3. The smallest absolute Gasteiger partial charge is 0.151 e. The van der Waals surface area contributed by atoms with Crippen LogP contribution in [0.3, 0.4) is 0 Å². The molecule has 0 fully saturated rings. The van der Waals surface area contributed by atoms with Crippen LogP contribution in [-0.4, -0.2) is 30.3 Å². The van der Waals surface area contributed by atoms with Crippen molar-refractivity contribution in [1.82, 2.24) is 4.90 Å². The van der Waals surface area contributed by atoms with Crippen molar-refractivity contribution in [2.75, 3.05) is 13.6 Å². The lowest BCUT2D eigenvalue weighted by Gasteiger charge is -2.35. The fraction of sp³-hybridized carbons (Fsp3) is 0.562. The standard InChI is InChI=1S/C16H25NO/c1-13(16(2,3)4)17(5)12-15(18)11-14-9-7-6-8-10-14/h6-10,13H,11-12H2,1-5H3. The Balaban J connectivity index is 2.50. The van der Waals surface area contributed by atoms with Crippen molar-refractivity contribution < 1.29 is 4.79 Å². The maximum Gasteiger partial charge on any atom is 0.151 e. The molecule has 2 nitrogen and oxygen atoms in total. The van der Waals surface area contributed by atoms with E-state index in [0.29, 0.717) is 19.0 Å². The molecule has 1 aromatic carbocycles. The van der Waals surface area contributed by atoms with E-state index in [1.165, 1.54) is 0 Å². The molecule has 0 saturated carbocycles. The molecule has 1 atom stereocenters. The van der Waals surface area contributed by atoms with Gasteiger partial charge in [0.15, 0.2) is 5.78 Å². The van der Waals surface area contributed by atoms with Gasteiger partial charge in [0.1, 0.15) is 0 Å². The molecule has 1 unspecified atom stereocenters. The van der Waals surface area contributed by atoms with E-state index < -0.39 is 0 Å². The van der Waals surface area contributed by atoms with Crippen LogP contribution in [0.25, 0.3) is 0 Å². The molecular formula is C16H25NO. The van der Waals surface area contributed by atoms with E-state index in [1.54, 1.807) is 0 Å². The SMILES string of the molecule is CC(N(C)CC(=O)Cc1ccccc1)C(C)(C)C. The highest BCUT2D eigenvalue weighted by molar-refractivity contribution is 5.82. The number of Topliss-reactive ketones (excluding diaryl/α,β-unsaturated/α-hetero) is 1. The molecular weight excluding hydrogens is 222 g/mol. The molecule has 0 heterocycles. The highest BCUT2D eigenvalue weighted by Gasteiger charge is 2.24. The highest BCUT2D eigenvalue weighted by Crippen LogP contribution is 2.22. The minimum absolute atomic E-state index is 0.196. The zero-order valence-electron chi connectivity index (χ0n) is 12.2. The molecule has 2 heteroatoms. The molecule has 100 valence electrons.